The van der Waals surface area contributed by atoms with Gasteiger partial charge in [0.25, 0.3) is 0 Å². The lowest BCUT2D eigenvalue weighted by molar-refractivity contribution is -0.140. The van der Waals surface area contributed by atoms with E-state index in [-0.39, 0.29) is 11.5 Å². The van der Waals surface area contributed by atoms with Crippen LogP contribution in [0.5, 0.6) is 0 Å². The molecule has 0 radical (unpaired) electrons. The van der Waals surface area contributed by atoms with Crippen LogP contribution in [0.15, 0.2) is 18.5 Å². The van der Waals surface area contributed by atoms with Crippen molar-refractivity contribution >= 4 is 0 Å². The summed E-state index contributed by atoms with van der Waals surface area (Å²) in [4.78, 5) is 3.66. The van der Waals surface area contributed by atoms with Gasteiger partial charge in [-0.15, -0.1) is 0 Å². The molecule has 1 N–H and O–H groups in total. The van der Waals surface area contributed by atoms with Gasteiger partial charge in [0.05, 0.1) is 11.7 Å². The topological polar surface area (TPSA) is 42.4 Å². The molecular weight excluding hydrogens is 247 g/mol. The maximum atomic E-state index is 12.8. The molecule has 1 aromatic rings. The Hall–Kier alpha value is -1.14. The molecule has 0 spiro atoms. The van der Waals surface area contributed by atoms with Crippen LogP contribution in [0.25, 0.3) is 0 Å². The molecule has 1 saturated heterocycles. The van der Waals surface area contributed by atoms with Crippen LogP contribution < -0.4 is 0 Å². The molecule has 2 rings (SSSR count). The van der Waals surface area contributed by atoms with Gasteiger partial charge >= 0.3 is 6.18 Å². The Bertz CT molecular complexity index is 422. The van der Waals surface area contributed by atoms with Crippen LogP contribution in [0.1, 0.15) is 30.6 Å². The molecule has 3 nitrogen and oxygen atoms in total. The van der Waals surface area contributed by atoms with Crippen molar-refractivity contribution in [1.82, 2.24) is 4.98 Å². The summed E-state index contributed by atoms with van der Waals surface area (Å²) in [6.45, 7) is 2.31. The van der Waals surface area contributed by atoms with E-state index in [2.05, 4.69) is 4.98 Å². The summed E-state index contributed by atoms with van der Waals surface area (Å²) in [6.07, 6.45) is -3.53. The highest BCUT2D eigenvalue weighted by Gasteiger charge is 2.39. The van der Waals surface area contributed by atoms with Gasteiger partial charge in [0, 0.05) is 24.6 Å². The number of aliphatic hydroxyl groups excluding tert-OH is 1. The number of rotatable bonds is 2. The molecule has 0 aliphatic carbocycles. The quantitative estimate of drug-likeness (QED) is 0.889. The van der Waals surface area contributed by atoms with Gasteiger partial charge < -0.3 is 9.84 Å². The SMILES string of the molecule is CC1CCOC1C(O)c1cnccc1C(F)(F)F. The van der Waals surface area contributed by atoms with Crippen molar-refractivity contribution < 1.29 is 23.0 Å². The second-order valence-electron chi connectivity index (χ2n) is 4.51. The minimum atomic E-state index is -4.50. The molecule has 100 valence electrons. The molecular formula is C12H14F3NO2. The molecule has 1 aliphatic heterocycles. The van der Waals surface area contributed by atoms with Crippen LogP contribution in [0.4, 0.5) is 13.2 Å². The molecule has 1 aromatic heterocycles. The summed E-state index contributed by atoms with van der Waals surface area (Å²) in [5, 5.41) is 10.1. The smallest absolute Gasteiger partial charge is 0.386 e. The maximum absolute atomic E-state index is 12.8. The first-order valence-corrected chi connectivity index (χ1v) is 5.72. The molecule has 3 unspecified atom stereocenters. The number of pyridine rings is 1. The summed E-state index contributed by atoms with van der Waals surface area (Å²) < 4.78 is 43.7. The normalized spacial score (nSPS) is 26.3. The number of alkyl halides is 3. The van der Waals surface area contributed by atoms with E-state index in [0.29, 0.717) is 6.61 Å². The predicted octanol–water partition coefficient (Wildman–Crippen LogP) is 2.56. The van der Waals surface area contributed by atoms with Crippen LogP contribution in [-0.4, -0.2) is 22.8 Å². The van der Waals surface area contributed by atoms with Crippen molar-refractivity contribution in [3.8, 4) is 0 Å². The van der Waals surface area contributed by atoms with Gasteiger partial charge in [0.2, 0.25) is 0 Å². The molecule has 0 amide bonds. The summed E-state index contributed by atoms with van der Waals surface area (Å²) >= 11 is 0. The lowest BCUT2D eigenvalue weighted by Crippen LogP contribution is -2.25. The van der Waals surface area contributed by atoms with E-state index in [0.717, 1.165) is 24.9 Å². The molecule has 1 fully saturated rings. The van der Waals surface area contributed by atoms with E-state index >= 15 is 0 Å². The Morgan fingerprint density at radius 3 is 2.78 bits per heavy atom. The molecule has 18 heavy (non-hydrogen) atoms. The fourth-order valence-corrected chi connectivity index (χ4v) is 2.20. The van der Waals surface area contributed by atoms with Gasteiger partial charge in [-0.2, -0.15) is 13.2 Å². The third-order valence-electron chi connectivity index (χ3n) is 3.23. The number of halogens is 3. The number of hydrogen-bond donors (Lipinski definition) is 1. The van der Waals surface area contributed by atoms with E-state index in [1.54, 1.807) is 0 Å². The summed E-state index contributed by atoms with van der Waals surface area (Å²) in [7, 11) is 0. The number of hydrogen-bond acceptors (Lipinski definition) is 3. The van der Waals surface area contributed by atoms with E-state index in [1.807, 2.05) is 6.92 Å². The van der Waals surface area contributed by atoms with Gasteiger partial charge in [-0.05, 0) is 18.4 Å². The molecule has 2 heterocycles. The average Bonchev–Trinajstić information content (AvgIpc) is 2.73. The molecule has 0 saturated carbocycles. The lowest BCUT2D eigenvalue weighted by atomic mass is 9.93. The third-order valence-corrected chi connectivity index (χ3v) is 3.23. The fourth-order valence-electron chi connectivity index (χ4n) is 2.20. The molecule has 3 atom stereocenters. The summed E-state index contributed by atoms with van der Waals surface area (Å²) in [6, 6.07) is 0.873. The monoisotopic (exact) mass is 261 g/mol. The average molecular weight is 261 g/mol. The van der Waals surface area contributed by atoms with Crippen molar-refractivity contribution in [2.24, 2.45) is 5.92 Å². The summed E-state index contributed by atoms with van der Waals surface area (Å²) in [5.41, 5.74) is -1.07. The van der Waals surface area contributed by atoms with Gasteiger partial charge in [-0.25, -0.2) is 0 Å². The molecule has 0 aromatic carbocycles. The van der Waals surface area contributed by atoms with Gasteiger partial charge in [-0.1, -0.05) is 6.92 Å². The van der Waals surface area contributed by atoms with Crippen LogP contribution in [0, 0.1) is 5.92 Å². The van der Waals surface area contributed by atoms with Crippen molar-refractivity contribution in [3.05, 3.63) is 29.6 Å². The fraction of sp³-hybridized carbons (Fsp3) is 0.583. The number of aliphatic hydroxyl groups is 1. The Morgan fingerprint density at radius 2 is 2.22 bits per heavy atom. The number of ether oxygens (including phenoxy) is 1. The van der Waals surface area contributed by atoms with Crippen molar-refractivity contribution in [2.45, 2.75) is 31.7 Å². The lowest BCUT2D eigenvalue weighted by Gasteiger charge is -2.24. The second kappa shape index (κ2) is 4.85. The van der Waals surface area contributed by atoms with Crippen LogP contribution in [-0.2, 0) is 10.9 Å². The minimum absolute atomic E-state index is 0.0290. The van der Waals surface area contributed by atoms with Crippen molar-refractivity contribution in [3.63, 3.8) is 0 Å². The molecule has 1 aliphatic rings. The van der Waals surface area contributed by atoms with Crippen molar-refractivity contribution in [1.29, 1.82) is 0 Å². The highest BCUT2D eigenvalue weighted by atomic mass is 19.4. The maximum Gasteiger partial charge on any atom is 0.416 e. The van der Waals surface area contributed by atoms with E-state index in [9.17, 15) is 18.3 Å². The Morgan fingerprint density at radius 1 is 1.50 bits per heavy atom. The predicted molar refractivity (Wildman–Crippen MR) is 57.7 cm³/mol. The zero-order valence-corrected chi connectivity index (χ0v) is 9.81. The first-order valence-electron chi connectivity index (χ1n) is 5.72. The van der Waals surface area contributed by atoms with Crippen LogP contribution in [0.3, 0.4) is 0 Å². The Labute approximate surface area is 103 Å². The zero-order chi connectivity index (χ0) is 13.3. The highest BCUT2D eigenvalue weighted by molar-refractivity contribution is 5.29. The van der Waals surface area contributed by atoms with Crippen LogP contribution in [0.2, 0.25) is 0 Å². The zero-order valence-electron chi connectivity index (χ0n) is 9.81. The third kappa shape index (κ3) is 2.49. The molecule has 6 heteroatoms. The summed E-state index contributed by atoms with van der Waals surface area (Å²) in [5.74, 6) is 0.0290. The van der Waals surface area contributed by atoms with Gasteiger partial charge in [0.1, 0.15) is 6.10 Å². The standard InChI is InChI=1S/C12H14F3NO2/c1-7-3-5-18-11(7)10(17)8-6-16-4-2-9(8)12(13,14)15/h2,4,6-7,10-11,17H,3,5H2,1H3. The minimum Gasteiger partial charge on any atom is -0.386 e. The van der Waals surface area contributed by atoms with Crippen molar-refractivity contribution in [2.75, 3.05) is 6.61 Å². The Kier molecular flexibility index (Phi) is 3.59. The van der Waals surface area contributed by atoms with Gasteiger partial charge in [0.15, 0.2) is 0 Å². The largest absolute Gasteiger partial charge is 0.416 e. The van der Waals surface area contributed by atoms with E-state index in [4.69, 9.17) is 4.74 Å². The Balaban J connectivity index is 2.33. The van der Waals surface area contributed by atoms with Gasteiger partial charge in [-0.3, -0.25) is 4.98 Å². The molecule has 0 bridgehead atoms. The van der Waals surface area contributed by atoms with Crippen LogP contribution >= 0.6 is 0 Å². The van der Waals surface area contributed by atoms with E-state index in [1.165, 1.54) is 0 Å². The second-order valence-corrected chi connectivity index (χ2v) is 4.51. The van der Waals surface area contributed by atoms with E-state index < -0.39 is 23.9 Å². The first-order chi connectivity index (χ1) is 8.41. The number of nitrogens with zero attached hydrogens (tertiary/aromatic N) is 1. The highest BCUT2D eigenvalue weighted by Crippen LogP contribution is 2.38. The first kappa shape index (κ1) is 13.3. The number of aromatic nitrogens is 1.